The number of halogens is 4. The average Bonchev–Trinajstić information content (AvgIpc) is 3.83. The minimum absolute atomic E-state index is 0.0113. The maximum atomic E-state index is 14.2. The molecular weight excluding hydrogens is 677 g/mol. The molecule has 0 spiro atoms. The highest BCUT2D eigenvalue weighted by atomic mass is 35.5. The predicted octanol–water partition coefficient (Wildman–Crippen LogP) is 4.79. The monoisotopic (exact) mass is 710 g/mol. The number of alkyl halides is 3. The average molecular weight is 711 g/mol. The van der Waals surface area contributed by atoms with Gasteiger partial charge in [-0.2, -0.15) is 18.3 Å². The molecule has 5 aromatic rings. The molecule has 1 aliphatic rings. The number of rotatable bonds is 10. The van der Waals surface area contributed by atoms with Gasteiger partial charge in [-0.05, 0) is 42.8 Å². The number of nitrogens with zero attached hydrogens (tertiary/aromatic N) is 7. The molecule has 6 rings (SSSR count). The Hall–Kier alpha value is -5.35. The second kappa shape index (κ2) is 13.9. The number of H-pyrrole nitrogens is 1. The zero-order chi connectivity index (χ0) is 35.7. The van der Waals surface area contributed by atoms with E-state index < -0.39 is 17.8 Å². The number of piperazine rings is 1. The first-order chi connectivity index (χ1) is 23.9. The molecule has 1 fully saturated rings. The molecular formula is C33H34ClF3N10O3. The molecule has 262 valence electrons. The van der Waals surface area contributed by atoms with E-state index in [1.54, 1.807) is 17.0 Å². The Kier molecular flexibility index (Phi) is 9.58. The summed E-state index contributed by atoms with van der Waals surface area (Å²) in [7, 11) is 1.42. The number of fused-ring (bicyclic) bond motifs is 1. The summed E-state index contributed by atoms with van der Waals surface area (Å²) in [6.07, 6.45) is -1.53. The lowest BCUT2D eigenvalue weighted by Crippen LogP contribution is -2.49. The molecule has 0 bridgehead atoms. The zero-order valence-electron chi connectivity index (χ0n) is 27.2. The number of anilines is 1. The molecule has 0 aliphatic carbocycles. The van der Waals surface area contributed by atoms with Crippen LogP contribution in [0.3, 0.4) is 0 Å². The van der Waals surface area contributed by atoms with E-state index in [1.165, 1.54) is 42.1 Å². The van der Waals surface area contributed by atoms with E-state index >= 15 is 0 Å². The fraction of sp³-hybridized carbons (Fsp3) is 0.303. The number of carbonyl (C=O) groups is 2. The topological polar surface area (TPSA) is 149 Å². The van der Waals surface area contributed by atoms with E-state index in [9.17, 15) is 27.9 Å². The second-order valence-corrected chi connectivity index (χ2v) is 12.1. The van der Waals surface area contributed by atoms with E-state index in [2.05, 4.69) is 49.1 Å². The van der Waals surface area contributed by atoms with E-state index in [4.69, 9.17) is 11.6 Å². The van der Waals surface area contributed by atoms with Gasteiger partial charge in [0.25, 0.3) is 11.8 Å². The molecule has 5 heterocycles. The highest BCUT2D eigenvalue weighted by Gasteiger charge is 2.39. The van der Waals surface area contributed by atoms with Gasteiger partial charge in [0, 0.05) is 57.3 Å². The molecule has 4 aromatic heterocycles. The number of aromatic nitrogens is 6. The summed E-state index contributed by atoms with van der Waals surface area (Å²) >= 11 is 6.49. The van der Waals surface area contributed by atoms with Crippen LogP contribution in [0.1, 0.15) is 45.7 Å². The summed E-state index contributed by atoms with van der Waals surface area (Å²) in [5.41, 5.74) is 0.568. The number of benzene rings is 1. The smallest absolute Gasteiger partial charge is 0.390 e. The number of hydrogen-bond acceptors (Lipinski definition) is 8. The van der Waals surface area contributed by atoms with Crippen molar-refractivity contribution in [2.24, 2.45) is 7.05 Å². The number of hydrogen-bond donors (Lipinski definition) is 4. The minimum atomic E-state index is -4.83. The van der Waals surface area contributed by atoms with Crippen LogP contribution in [0, 0.1) is 0 Å². The third-order valence-electron chi connectivity index (χ3n) is 8.36. The fourth-order valence-corrected chi connectivity index (χ4v) is 5.97. The Morgan fingerprint density at radius 1 is 1.10 bits per heavy atom. The summed E-state index contributed by atoms with van der Waals surface area (Å²) in [6, 6.07) is 9.19. The van der Waals surface area contributed by atoms with Crippen molar-refractivity contribution in [3.05, 3.63) is 89.0 Å². The summed E-state index contributed by atoms with van der Waals surface area (Å²) < 4.78 is 44.8. The Morgan fingerprint density at radius 3 is 2.52 bits per heavy atom. The second-order valence-electron chi connectivity index (χ2n) is 11.7. The van der Waals surface area contributed by atoms with E-state index in [1.807, 2.05) is 0 Å². The Bertz CT molecular complexity index is 2080. The molecule has 13 nitrogen and oxygen atoms in total. The maximum absolute atomic E-state index is 14.2. The molecule has 0 atom stereocenters. The van der Waals surface area contributed by atoms with Crippen molar-refractivity contribution >= 4 is 40.1 Å². The quantitative estimate of drug-likeness (QED) is 0.162. The number of pyridine rings is 1. The lowest BCUT2D eigenvalue weighted by molar-refractivity contribution is -0.140. The summed E-state index contributed by atoms with van der Waals surface area (Å²) in [6.45, 7) is 8.92. The number of aromatic amines is 1. The first-order valence-corrected chi connectivity index (χ1v) is 16.1. The van der Waals surface area contributed by atoms with Crippen LogP contribution >= 0.6 is 11.6 Å². The van der Waals surface area contributed by atoms with Crippen molar-refractivity contribution in [1.29, 1.82) is 0 Å². The Balaban J connectivity index is 1.17. The highest BCUT2D eigenvalue weighted by Crippen LogP contribution is 2.37. The number of aliphatic hydroxyl groups is 1. The van der Waals surface area contributed by atoms with Crippen LogP contribution in [0.25, 0.3) is 28.1 Å². The van der Waals surface area contributed by atoms with Gasteiger partial charge in [-0.25, -0.2) is 14.6 Å². The van der Waals surface area contributed by atoms with E-state index in [0.29, 0.717) is 42.9 Å². The molecule has 1 aromatic carbocycles. The van der Waals surface area contributed by atoms with Crippen LogP contribution in [-0.4, -0.2) is 88.7 Å². The normalized spacial score (nSPS) is 13.6. The van der Waals surface area contributed by atoms with Gasteiger partial charge < -0.3 is 35.1 Å². The SMILES string of the molecule is C=C(NCCC)N1CCN(C(=O)c2ccc(NC(=O)c3ncc(-c4cn(-c5ccc6[nH]c(CO)cc6n5)nc4C(F)(F)F)n3C)cc2Cl)CC1. The number of amides is 2. The van der Waals surface area contributed by atoms with Crippen molar-refractivity contribution < 1.29 is 27.9 Å². The lowest BCUT2D eigenvalue weighted by atomic mass is 10.1. The Labute approximate surface area is 289 Å². The maximum Gasteiger partial charge on any atom is 0.435 e. The van der Waals surface area contributed by atoms with Gasteiger partial charge in [-0.1, -0.05) is 25.1 Å². The van der Waals surface area contributed by atoms with Gasteiger partial charge in [0.15, 0.2) is 17.3 Å². The van der Waals surface area contributed by atoms with Crippen LogP contribution in [-0.2, 0) is 19.8 Å². The van der Waals surface area contributed by atoms with Gasteiger partial charge in [-0.3, -0.25) is 9.59 Å². The summed E-state index contributed by atoms with van der Waals surface area (Å²) in [5.74, 6) is -0.179. The van der Waals surface area contributed by atoms with Crippen molar-refractivity contribution in [2.45, 2.75) is 26.1 Å². The van der Waals surface area contributed by atoms with Crippen LogP contribution in [0.5, 0.6) is 0 Å². The fourth-order valence-electron chi connectivity index (χ4n) is 5.71. The van der Waals surface area contributed by atoms with Crippen LogP contribution < -0.4 is 10.6 Å². The number of imidazole rings is 1. The predicted molar refractivity (Wildman–Crippen MR) is 181 cm³/mol. The summed E-state index contributed by atoms with van der Waals surface area (Å²) in [4.78, 5) is 41.8. The molecule has 0 saturated carbocycles. The van der Waals surface area contributed by atoms with Crippen molar-refractivity contribution in [1.82, 2.24) is 44.4 Å². The van der Waals surface area contributed by atoms with Gasteiger partial charge >= 0.3 is 6.18 Å². The van der Waals surface area contributed by atoms with Crippen molar-refractivity contribution in [2.75, 3.05) is 38.0 Å². The van der Waals surface area contributed by atoms with E-state index in [-0.39, 0.29) is 51.7 Å². The molecule has 0 unspecified atom stereocenters. The Morgan fingerprint density at radius 2 is 1.84 bits per heavy atom. The molecule has 0 radical (unpaired) electrons. The molecule has 17 heteroatoms. The lowest BCUT2D eigenvalue weighted by Gasteiger charge is -2.37. The number of nitrogens with one attached hydrogen (secondary N) is 3. The third-order valence-corrected chi connectivity index (χ3v) is 8.67. The largest absolute Gasteiger partial charge is 0.435 e. The molecule has 50 heavy (non-hydrogen) atoms. The molecule has 1 saturated heterocycles. The molecule has 1 aliphatic heterocycles. The number of carbonyl (C=O) groups excluding carboxylic acids is 2. The molecule has 4 N–H and O–H groups in total. The third kappa shape index (κ3) is 6.89. The van der Waals surface area contributed by atoms with E-state index in [0.717, 1.165) is 29.7 Å². The first kappa shape index (κ1) is 34.5. The highest BCUT2D eigenvalue weighted by molar-refractivity contribution is 6.34. The zero-order valence-corrected chi connectivity index (χ0v) is 27.9. The van der Waals surface area contributed by atoms with Gasteiger partial charge in [-0.15, -0.1) is 0 Å². The summed E-state index contributed by atoms with van der Waals surface area (Å²) in [5, 5.41) is 19.2. The minimum Gasteiger partial charge on any atom is -0.390 e. The van der Waals surface area contributed by atoms with Gasteiger partial charge in [0.2, 0.25) is 0 Å². The molecule has 2 amide bonds. The first-order valence-electron chi connectivity index (χ1n) is 15.7. The van der Waals surface area contributed by atoms with Crippen LogP contribution in [0.2, 0.25) is 5.02 Å². The van der Waals surface area contributed by atoms with Gasteiger partial charge in [0.1, 0.15) is 0 Å². The van der Waals surface area contributed by atoms with Crippen molar-refractivity contribution in [3.63, 3.8) is 0 Å². The van der Waals surface area contributed by atoms with Crippen LogP contribution in [0.15, 0.2) is 61.2 Å². The standard InChI is InChI=1S/C33H34ClF3N10O3/c1-4-9-38-19(2)45-10-12-46(13-11-45)32(50)22-6-5-20(14-24(22)34)41-31(49)30-39-16-27(44(30)3)23-17-47(43-29(23)33(35,36)37)28-8-7-25-26(42-28)15-21(18-48)40-25/h5-8,14-17,38,40,48H,2,4,9-13,18H2,1,3H3,(H,41,49). The van der Waals surface area contributed by atoms with Crippen molar-refractivity contribution in [3.8, 4) is 17.1 Å². The van der Waals surface area contributed by atoms with Gasteiger partial charge in [0.05, 0.1) is 51.5 Å². The van der Waals surface area contributed by atoms with Crippen LogP contribution in [0.4, 0.5) is 18.9 Å². The number of aliphatic hydroxyl groups excluding tert-OH is 1.